The van der Waals surface area contributed by atoms with Crippen molar-refractivity contribution >= 4 is 28.2 Å². The number of aromatic hydroxyl groups is 2. The third kappa shape index (κ3) is 2.49. The number of aliphatic hydroxyl groups excluding tert-OH is 2. The van der Waals surface area contributed by atoms with Gasteiger partial charge in [0.1, 0.15) is 28.6 Å². The second-order valence-corrected chi connectivity index (χ2v) is 7.57. The lowest BCUT2D eigenvalue weighted by molar-refractivity contribution is -0.125. The second kappa shape index (κ2) is 6.25. The minimum absolute atomic E-state index is 0.0188. The van der Waals surface area contributed by atoms with Crippen molar-refractivity contribution in [1.29, 1.82) is 0 Å². The number of hydrogen-bond donors (Lipinski definition) is 5. The summed E-state index contributed by atoms with van der Waals surface area (Å²) < 4.78 is 0. The van der Waals surface area contributed by atoms with Crippen LogP contribution in [0.5, 0.6) is 11.5 Å². The molecule has 150 valence electrons. The summed E-state index contributed by atoms with van der Waals surface area (Å²) in [6, 6.07) is 5.64. The highest BCUT2D eigenvalue weighted by Gasteiger charge is 2.47. The Morgan fingerprint density at radius 3 is 2.45 bits per heavy atom. The Balaban J connectivity index is 2.09. The Kier molecular flexibility index (Phi) is 4.06. The van der Waals surface area contributed by atoms with Crippen LogP contribution in [0.25, 0.3) is 16.5 Å². The molecule has 0 radical (unpaired) electrons. The number of ketones is 1. The normalized spacial score (nSPS) is 21.6. The van der Waals surface area contributed by atoms with Gasteiger partial charge in [-0.1, -0.05) is 12.1 Å². The molecule has 1 amide bonds. The molecule has 8 nitrogen and oxygen atoms in total. The van der Waals surface area contributed by atoms with Gasteiger partial charge in [0.25, 0.3) is 5.91 Å². The lowest BCUT2D eigenvalue weighted by atomic mass is 9.70. The Morgan fingerprint density at radius 2 is 1.83 bits per heavy atom. The summed E-state index contributed by atoms with van der Waals surface area (Å²) >= 11 is 0. The van der Waals surface area contributed by atoms with Gasteiger partial charge in [-0.15, -0.1) is 0 Å². The number of rotatable bonds is 2. The maximum atomic E-state index is 12.9. The van der Waals surface area contributed by atoms with E-state index in [-0.39, 0.29) is 34.4 Å². The molecule has 0 aliphatic heterocycles. The average Bonchev–Trinajstić information content (AvgIpc) is 2.60. The number of nitrogens with two attached hydrogens (primary N) is 1. The lowest BCUT2D eigenvalue weighted by Gasteiger charge is -2.39. The van der Waals surface area contributed by atoms with Crippen LogP contribution in [0.2, 0.25) is 0 Å². The van der Waals surface area contributed by atoms with E-state index in [1.165, 1.54) is 6.07 Å². The molecule has 0 saturated carbocycles. The van der Waals surface area contributed by atoms with E-state index >= 15 is 0 Å². The summed E-state index contributed by atoms with van der Waals surface area (Å²) in [7, 11) is 3.31. The number of Topliss-reactive ketones (excluding diaryl/α,β-unsaturated/α-hetero) is 1. The molecule has 0 aromatic heterocycles. The van der Waals surface area contributed by atoms with Crippen LogP contribution in [0.4, 0.5) is 0 Å². The predicted octanol–water partition coefficient (Wildman–Crippen LogP) is 1.50. The van der Waals surface area contributed by atoms with Gasteiger partial charge in [-0.05, 0) is 43.6 Å². The molecule has 2 unspecified atom stereocenters. The summed E-state index contributed by atoms with van der Waals surface area (Å²) in [5, 5.41) is 43.3. The predicted molar refractivity (Wildman–Crippen MR) is 105 cm³/mol. The first-order valence-corrected chi connectivity index (χ1v) is 8.99. The van der Waals surface area contributed by atoms with Crippen LogP contribution in [-0.4, -0.2) is 57.2 Å². The first kappa shape index (κ1) is 18.8. The van der Waals surface area contributed by atoms with Gasteiger partial charge in [0.2, 0.25) is 0 Å². The standard InChI is InChI=1S/C21H20N2O6/c1-23(2)16-10-7-9-6-8-4-3-5-11(24)12(8)17(25)13(9)18(26)14(10)19(27)15(20(16)28)21(22)29/h3-6,10,16,24-27H,7H2,1-2H3,(H2,22,29). The molecule has 2 aliphatic carbocycles. The number of allylic oxidation sites excluding steroid dienone is 1. The molecule has 4 rings (SSSR count). The quantitative estimate of drug-likeness (QED) is 0.484. The zero-order chi connectivity index (χ0) is 21.2. The minimum Gasteiger partial charge on any atom is -0.507 e. The Hall–Kier alpha value is -3.52. The molecule has 2 aliphatic rings. The number of benzene rings is 2. The van der Waals surface area contributed by atoms with Crippen molar-refractivity contribution in [3.8, 4) is 11.5 Å². The molecule has 0 spiro atoms. The number of phenols is 2. The highest BCUT2D eigenvalue weighted by atomic mass is 16.3. The molecule has 2 atom stereocenters. The molecule has 8 heteroatoms. The van der Waals surface area contributed by atoms with E-state index in [1.807, 2.05) is 0 Å². The van der Waals surface area contributed by atoms with Crippen LogP contribution >= 0.6 is 0 Å². The summed E-state index contributed by atoms with van der Waals surface area (Å²) in [5.41, 5.74) is 5.32. The van der Waals surface area contributed by atoms with Gasteiger partial charge in [-0.2, -0.15) is 0 Å². The highest BCUT2D eigenvalue weighted by molar-refractivity contribution is 6.23. The molecule has 0 heterocycles. The number of primary amides is 1. The van der Waals surface area contributed by atoms with Crippen LogP contribution in [0.3, 0.4) is 0 Å². The zero-order valence-corrected chi connectivity index (χ0v) is 15.8. The summed E-state index contributed by atoms with van der Waals surface area (Å²) in [6.45, 7) is 0. The number of hydrogen-bond acceptors (Lipinski definition) is 7. The number of amides is 1. The smallest absolute Gasteiger partial charge is 0.256 e. The molecular weight excluding hydrogens is 376 g/mol. The molecular formula is C21H20N2O6. The van der Waals surface area contributed by atoms with Gasteiger partial charge in [-0.25, -0.2) is 0 Å². The molecule has 0 saturated heterocycles. The fourth-order valence-electron chi connectivity index (χ4n) is 4.52. The van der Waals surface area contributed by atoms with Crippen molar-refractivity contribution in [2.45, 2.75) is 12.5 Å². The van der Waals surface area contributed by atoms with Crippen LogP contribution < -0.4 is 5.73 Å². The molecule has 2 aromatic carbocycles. The Bertz CT molecular complexity index is 1160. The Labute approximate surface area is 165 Å². The van der Waals surface area contributed by atoms with E-state index in [0.717, 1.165) is 0 Å². The van der Waals surface area contributed by atoms with E-state index in [9.17, 15) is 30.0 Å². The van der Waals surface area contributed by atoms with Gasteiger partial charge >= 0.3 is 0 Å². The number of likely N-dealkylation sites (N-methyl/N-ethyl adjacent to an activating group) is 1. The van der Waals surface area contributed by atoms with Crippen molar-refractivity contribution in [1.82, 2.24) is 4.90 Å². The molecule has 0 fully saturated rings. The first-order valence-electron chi connectivity index (χ1n) is 8.99. The second-order valence-electron chi connectivity index (χ2n) is 7.57. The molecule has 29 heavy (non-hydrogen) atoms. The largest absolute Gasteiger partial charge is 0.507 e. The minimum atomic E-state index is -1.09. The summed E-state index contributed by atoms with van der Waals surface area (Å²) in [5.74, 6) is -3.99. The monoisotopic (exact) mass is 396 g/mol. The lowest BCUT2D eigenvalue weighted by Crippen LogP contribution is -2.50. The molecule has 6 N–H and O–H groups in total. The van der Waals surface area contributed by atoms with E-state index < -0.39 is 40.7 Å². The van der Waals surface area contributed by atoms with Crippen molar-refractivity contribution in [2.75, 3.05) is 14.1 Å². The zero-order valence-electron chi connectivity index (χ0n) is 15.8. The number of carbonyl (C=O) groups excluding carboxylic acids is 2. The fourth-order valence-corrected chi connectivity index (χ4v) is 4.52. The van der Waals surface area contributed by atoms with Crippen LogP contribution in [0.15, 0.2) is 41.2 Å². The van der Waals surface area contributed by atoms with Crippen LogP contribution in [0, 0.1) is 5.92 Å². The third-order valence-corrected chi connectivity index (χ3v) is 5.69. The average molecular weight is 396 g/mol. The van der Waals surface area contributed by atoms with E-state index in [1.54, 1.807) is 37.2 Å². The van der Waals surface area contributed by atoms with Gasteiger partial charge in [-0.3, -0.25) is 14.5 Å². The number of aliphatic hydroxyl groups is 2. The van der Waals surface area contributed by atoms with Crippen LogP contribution in [0.1, 0.15) is 11.1 Å². The molecule has 2 aromatic rings. The van der Waals surface area contributed by atoms with Gasteiger partial charge in [0.15, 0.2) is 5.78 Å². The summed E-state index contributed by atoms with van der Waals surface area (Å²) in [6.07, 6.45) is 0.221. The SMILES string of the molecule is CN(C)C1C(=O)C(C(N)=O)=C(O)C2=C(O)c3c(cc4cccc(O)c4c3O)CC21. The van der Waals surface area contributed by atoms with E-state index in [2.05, 4.69) is 0 Å². The number of carbonyl (C=O) groups is 2. The van der Waals surface area contributed by atoms with Gasteiger partial charge in [0, 0.05) is 11.5 Å². The van der Waals surface area contributed by atoms with E-state index in [4.69, 9.17) is 5.73 Å². The van der Waals surface area contributed by atoms with Crippen molar-refractivity contribution < 1.29 is 30.0 Å². The first-order chi connectivity index (χ1) is 13.6. The maximum Gasteiger partial charge on any atom is 0.256 e. The summed E-state index contributed by atoms with van der Waals surface area (Å²) in [4.78, 5) is 26.3. The topological polar surface area (TPSA) is 144 Å². The Morgan fingerprint density at radius 1 is 1.14 bits per heavy atom. The van der Waals surface area contributed by atoms with Gasteiger partial charge < -0.3 is 26.2 Å². The fraction of sp³-hybridized carbons (Fsp3) is 0.238. The number of fused-ring (bicyclic) bond motifs is 3. The van der Waals surface area contributed by atoms with Crippen LogP contribution in [-0.2, 0) is 16.0 Å². The van der Waals surface area contributed by atoms with Crippen molar-refractivity contribution in [2.24, 2.45) is 11.7 Å². The number of phenolic OH excluding ortho intramolecular Hbond substituents is 2. The highest BCUT2D eigenvalue weighted by Crippen LogP contribution is 2.49. The molecule has 0 bridgehead atoms. The van der Waals surface area contributed by atoms with E-state index in [0.29, 0.717) is 10.9 Å². The maximum absolute atomic E-state index is 12.9. The van der Waals surface area contributed by atoms with Crippen molar-refractivity contribution in [3.63, 3.8) is 0 Å². The van der Waals surface area contributed by atoms with Gasteiger partial charge in [0.05, 0.1) is 17.0 Å². The third-order valence-electron chi connectivity index (χ3n) is 5.69. The van der Waals surface area contributed by atoms with Crippen molar-refractivity contribution in [3.05, 3.63) is 52.3 Å². The number of nitrogens with zero attached hydrogens (tertiary/aromatic N) is 1.